The summed E-state index contributed by atoms with van der Waals surface area (Å²) < 4.78 is 1.55. The Kier molecular flexibility index (Phi) is 3.72. The van der Waals surface area contributed by atoms with Gasteiger partial charge >= 0.3 is 0 Å². The number of fused-ring (bicyclic) bond motifs is 2. The number of hydrogen-bond acceptors (Lipinski definition) is 3. The molecule has 2 aromatic heterocycles. The van der Waals surface area contributed by atoms with Gasteiger partial charge in [-0.05, 0) is 30.2 Å². The molecular weight excluding hydrogens is 338 g/mol. The number of nitrogens with zero attached hydrogens (tertiary/aromatic N) is 3. The largest absolute Gasteiger partial charge is 0.322 e. The van der Waals surface area contributed by atoms with Crippen LogP contribution in [0.2, 0.25) is 0 Å². The second-order valence-electron chi connectivity index (χ2n) is 7.24. The maximum absolute atomic E-state index is 13.0. The van der Waals surface area contributed by atoms with Gasteiger partial charge < -0.3 is 4.98 Å². The Morgan fingerprint density at radius 1 is 1.15 bits per heavy atom. The number of nitrogens with one attached hydrogen (secondary N) is 2. The Morgan fingerprint density at radius 3 is 2.85 bits per heavy atom. The zero-order chi connectivity index (χ0) is 18.4. The fourth-order valence-corrected chi connectivity index (χ4v) is 3.80. The van der Waals surface area contributed by atoms with E-state index in [-0.39, 0.29) is 5.56 Å². The van der Waals surface area contributed by atoms with E-state index >= 15 is 0 Å². The number of benzene rings is 2. The lowest BCUT2D eigenvalue weighted by atomic mass is 10.1. The number of aromatic amines is 2. The fourth-order valence-electron chi connectivity index (χ4n) is 3.80. The molecule has 0 atom stereocenters. The van der Waals surface area contributed by atoms with Crippen molar-refractivity contribution in [2.75, 3.05) is 6.54 Å². The van der Waals surface area contributed by atoms with Crippen molar-refractivity contribution >= 4 is 11.0 Å². The molecule has 0 radical (unpaired) electrons. The molecule has 0 amide bonds. The van der Waals surface area contributed by atoms with Crippen LogP contribution in [0, 0.1) is 6.92 Å². The number of aromatic nitrogens is 4. The third-order valence-corrected chi connectivity index (χ3v) is 5.22. The first kappa shape index (κ1) is 16.1. The summed E-state index contributed by atoms with van der Waals surface area (Å²) >= 11 is 0. The van der Waals surface area contributed by atoms with Gasteiger partial charge in [-0.1, -0.05) is 36.4 Å². The maximum Gasteiger partial charge on any atom is 0.278 e. The predicted molar refractivity (Wildman–Crippen MR) is 105 cm³/mol. The molecule has 0 saturated carbocycles. The average Bonchev–Trinajstić information content (AvgIpc) is 3.23. The first-order chi connectivity index (χ1) is 13.2. The Hall–Kier alpha value is -3.12. The van der Waals surface area contributed by atoms with Crippen LogP contribution in [0.1, 0.15) is 22.4 Å². The number of hydrogen-bond donors (Lipinski definition) is 2. The van der Waals surface area contributed by atoms with Crippen LogP contribution in [0.4, 0.5) is 0 Å². The van der Waals surface area contributed by atoms with Crippen LogP contribution in [0.25, 0.3) is 17.0 Å². The van der Waals surface area contributed by atoms with E-state index < -0.39 is 0 Å². The van der Waals surface area contributed by atoms with Gasteiger partial charge in [0.1, 0.15) is 0 Å². The van der Waals surface area contributed by atoms with Gasteiger partial charge in [0.05, 0.1) is 16.6 Å². The van der Waals surface area contributed by atoms with E-state index in [4.69, 9.17) is 0 Å². The molecule has 27 heavy (non-hydrogen) atoms. The zero-order valence-corrected chi connectivity index (χ0v) is 15.2. The molecule has 0 unspecified atom stereocenters. The van der Waals surface area contributed by atoms with Crippen molar-refractivity contribution in [2.24, 2.45) is 0 Å². The third-order valence-electron chi connectivity index (χ3n) is 5.22. The summed E-state index contributed by atoms with van der Waals surface area (Å²) in [6, 6.07) is 16.4. The van der Waals surface area contributed by atoms with E-state index in [1.807, 2.05) is 31.2 Å². The summed E-state index contributed by atoms with van der Waals surface area (Å²) in [4.78, 5) is 23.2. The molecule has 0 saturated heterocycles. The van der Waals surface area contributed by atoms with Gasteiger partial charge in [-0.15, -0.1) is 0 Å². The molecule has 1 aliphatic heterocycles. The monoisotopic (exact) mass is 359 g/mol. The van der Waals surface area contributed by atoms with E-state index in [9.17, 15) is 4.79 Å². The minimum absolute atomic E-state index is 0.0152. The zero-order valence-electron chi connectivity index (χ0n) is 15.2. The van der Waals surface area contributed by atoms with Crippen molar-refractivity contribution < 1.29 is 0 Å². The Balaban J connectivity index is 1.46. The predicted octanol–water partition coefficient (Wildman–Crippen LogP) is 2.91. The van der Waals surface area contributed by atoms with Crippen LogP contribution < -0.4 is 5.56 Å². The lowest BCUT2D eigenvalue weighted by molar-refractivity contribution is 0.244. The first-order valence-electron chi connectivity index (χ1n) is 9.23. The van der Waals surface area contributed by atoms with E-state index in [1.165, 1.54) is 5.56 Å². The average molecular weight is 359 g/mol. The van der Waals surface area contributed by atoms with Crippen molar-refractivity contribution in [3.63, 3.8) is 0 Å². The first-order valence-corrected chi connectivity index (χ1v) is 9.23. The van der Waals surface area contributed by atoms with Crippen LogP contribution in [0.3, 0.4) is 0 Å². The topological polar surface area (TPSA) is 69.7 Å². The summed E-state index contributed by atoms with van der Waals surface area (Å²) in [5.41, 5.74) is 6.07. The van der Waals surface area contributed by atoms with E-state index in [2.05, 4.69) is 44.2 Å². The van der Waals surface area contributed by atoms with E-state index in [0.29, 0.717) is 12.5 Å². The molecule has 3 heterocycles. The third kappa shape index (κ3) is 2.88. The number of imidazole rings is 1. The molecule has 2 N–H and O–H groups in total. The highest BCUT2D eigenvalue weighted by Gasteiger charge is 2.24. The second-order valence-corrected chi connectivity index (χ2v) is 7.24. The molecule has 0 aliphatic carbocycles. The smallest absolute Gasteiger partial charge is 0.278 e. The molecule has 0 fully saturated rings. The highest BCUT2D eigenvalue weighted by atomic mass is 16.1. The molecular formula is C21H21N5O. The van der Waals surface area contributed by atoms with Crippen LogP contribution in [-0.2, 0) is 19.5 Å². The summed E-state index contributed by atoms with van der Waals surface area (Å²) in [7, 11) is 0. The normalized spacial score (nSPS) is 14.6. The molecule has 2 aromatic carbocycles. The fraction of sp³-hybridized carbons (Fsp3) is 0.238. The van der Waals surface area contributed by atoms with Gasteiger partial charge in [0.2, 0.25) is 5.95 Å². The second kappa shape index (κ2) is 6.25. The highest BCUT2D eigenvalue weighted by Crippen LogP contribution is 2.19. The van der Waals surface area contributed by atoms with Crippen molar-refractivity contribution in [3.8, 4) is 5.95 Å². The summed E-state index contributed by atoms with van der Waals surface area (Å²) in [5.74, 6) is 0.546. The Bertz CT molecular complexity index is 1170. The van der Waals surface area contributed by atoms with Crippen LogP contribution >= 0.6 is 0 Å². The quantitative estimate of drug-likeness (QED) is 0.591. The van der Waals surface area contributed by atoms with Crippen molar-refractivity contribution in [3.05, 3.63) is 81.3 Å². The molecule has 1 aliphatic rings. The number of rotatable bonds is 3. The summed E-state index contributed by atoms with van der Waals surface area (Å²) in [6.45, 7) is 4.49. The molecule has 5 rings (SSSR count). The molecule has 6 heteroatoms. The van der Waals surface area contributed by atoms with Crippen LogP contribution in [0.15, 0.2) is 53.3 Å². The maximum atomic E-state index is 13.0. The van der Waals surface area contributed by atoms with Gasteiger partial charge in [-0.2, -0.15) is 4.68 Å². The Morgan fingerprint density at radius 2 is 2.00 bits per heavy atom. The molecule has 136 valence electrons. The van der Waals surface area contributed by atoms with Crippen LogP contribution in [-0.4, -0.2) is 31.2 Å². The molecule has 6 nitrogen and oxygen atoms in total. The minimum Gasteiger partial charge on any atom is -0.322 e. The van der Waals surface area contributed by atoms with Crippen molar-refractivity contribution in [2.45, 2.75) is 26.4 Å². The van der Waals surface area contributed by atoms with Crippen LogP contribution in [0.5, 0.6) is 0 Å². The SMILES string of the molecule is Cc1ccc2nc(-n3[nH]c4c(c3=O)CN(Cc3ccccc3)CC4)[nH]c2c1. The highest BCUT2D eigenvalue weighted by molar-refractivity contribution is 5.76. The van der Waals surface area contributed by atoms with Crippen molar-refractivity contribution in [1.29, 1.82) is 0 Å². The summed E-state index contributed by atoms with van der Waals surface area (Å²) in [6.07, 6.45) is 0.837. The van der Waals surface area contributed by atoms with E-state index in [0.717, 1.165) is 47.4 Å². The summed E-state index contributed by atoms with van der Waals surface area (Å²) in [5, 5.41) is 3.26. The lowest BCUT2D eigenvalue weighted by Crippen LogP contribution is -2.32. The van der Waals surface area contributed by atoms with Gasteiger partial charge in [0, 0.05) is 31.7 Å². The van der Waals surface area contributed by atoms with Gasteiger partial charge in [-0.3, -0.25) is 14.8 Å². The van der Waals surface area contributed by atoms with Gasteiger partial charge in [-0.25, -0.2) is 4.98 Å². The number of H-pyrrole nitrogens is 2. The number of aryl methyl sites for hydroxylation is 1. The van der Waals surface area contributed by atoms with E-state index in [1.54, 1.807) is 4.68 Å². The minimum atomic E-state index is -0.0152. The van der Waals surface area contributed by atoms with Gasteiger partial charge in [0.15, 0.2) is 0 Å². The Labute approximate surface area is 156 Å². The lowest BCUT2D eigenvalue weighted by Gasteiger charge is -2.25. The standard InChI is InChI=1S/C21H21N5O/c1-14-7-8-18-19(11-14)23-21(22-18)26-20(27)16-13-25(10-9-17(16)24-26)12-15-5-3-2-4-6-15/h2-8,11,24H,9-10,12-13H2,1H3,(H,22,23). The molecule has 4 aromatic rings. The van der Waals surface area contributed by atoms with Gasteiger partial charge in [0.25, 0.3) is 5.56 Å². The van der Waals surface area contributed by atoms with Crippen molar-refractivity contribution in [1.82, 2.24) is 24.6 Å². The molecule has 0 bridgehead atoms. The molecule has 0 spiro atoms.